The maximum absolute atomic E-state index is 13.1. The van der Waals surface area contributed by atoms with Crippen molar-refractivity contribution in [2.24, 2.45) is 11.3 Å². The highest BCUT2D eigenvalue weighted by Gasteiger charge is 2.54. The van der Waals surface area contributed by atoms with Gasteiger partial charge in [-0.25, -0.2) is 15.0 Å². The molecule has 194 valence electrons. The molecule has 1 aliphatic heterocycles. The molecule has 3 aromatic heterocycles. The van der Waals surface area contributed by atoms with Gasteiger partial charge in [0, 0.05) is 61.5 Å². The first-order valence-corrected chi connectivity index (χ1v) is 12.9. The van der Waals surface area contributed by atoms with Gasteiger partial charge in [0.15, 0.2) is 5.65 Å². The Morgan fingerprint density at radius 3 is 2.73 bits per heavy atom. The minimum atomic E-state index is -0.483. The first-order valence-electron chi connectivity index (χ1n) is 12.9. The topological polar surface area (TPSA) is 107 Å². The minimum absolute atomic E-state index is 0.0120. The second kappa shape index (κ2) is 10.8. The molecule has 1 atom stereocenters. The zero-order valence-electron chi connectivity index (χ0n) is 21.4. The van der Waals surface area contributed by atoms with Gasteiger partial charge in [-0.05, 0) is 55.0 Å². The lowest BCUT2D eigenvalue weighted by Gasteiger charge is -2.59. The van der Waals surface area contributed by atoms with Crippen LogP contribution in [0.2, 0.25) is 0 Å². The third-order valence-corrected chi connectivity index (χ3v) is 7.42. The zero-order valence-corrected chi connectivity index (χ0v) is 21.4. The molecule has 1 saturated carbocycles. The molecule has 9 nitrogen and oxygen atoms in total. The van der Waals surface area contributed by atoms with Crippen molar-refractivity contribution < 1.29 is 19.1 Å². The van der Waals surface area contributed by atoms with Gasteiger partial charge in [0.1, 0.15) is 0 Å². The van der Waals surface area contributed by atoms with Gasteiger partial charge in [0.05, 0.1) is 26.2 Å². The van der Waals surface area contributed by atoms with Crippen LogP contribution in [0.15, 0.2) is 48.8 Å². The van der Waals surface area contributed by atoms with Crippen molar-refractivity contribution in [3.63, 3.8) is 0 Å². The minimum Gasteiger partial charge on any atom is -0.481 e. The molecule has 3 aromatic rings. The van der Waals surface area contributed by atoms with E-state index in [9.17, 15) is 9.59 Å². The summed E-state index contributed by atoms with van der Waals surface area (Å²) in [7, 11) is 1.55. The molecule has 1 aliphatic carbocycles. The van der Waals surface area contributed by atoms with Gasteiger partial charge in [-0.1, -0.05) is 6.07 Å². The van der Waals surface area contributed by atoms with Crippen molar-refractivity contribution in [2.45, 2.75) is 38.6 Å². The number of fused-ring (bicyclic) bond motifs is 1. The summed E-state index contributed by atoms with van der Waals surface area (Å²) in [5, 5.41) is 4.13. The lowest BCUT2D eigenvalue weighted by molar-refractivity contribution is -0.147. The van der Waals surface area contributed by atoms with E-state index in [4.69, 9.17) is 9.47 Å². The van der Waals surface area contributed by atoms with Crippen LogP contribution in [0.25, 0.3) is 11.0 Å². The van der Waals surface area contributed by atoms with E-state index in [1.807, 2.05) is 18.2 Å². The van der Waals surface area contributed by atoms with Gasteiger partial charge in [0.2, 0.25) is 11.8 Å². The molecule has 9 heteroatoms. The fraction of sp³-hybridized carbons (Fsp3) is 0.464. The summed E-state index contributed by atoms with van der Waals surface area (Å²) in [5.41, 5.74) is 2.83. The van der Waals surface area contributed by atoms with E-state index in [1.165, 1.54) is 0 Å². The SMILES string of the molecule is CCOC(=O)C[C@H](NC(=O)C1CC2(C1)CN(CCc1ccc3cccnc3n1)C2)c1ccc(OC)nc1. The quantitative estimate of drug-likeness (QED) is 0.421. The molecule has 1 amide bonds. The van der Waals surface area contributed by atoms with Crippen molar-refractivity contribution in [3.05, 3.63) is 60.0 Å². The van der Waals surface area contributed by atoms with Crippen molar-refractivity contribution in [1.82, 2.24) is 25.2 Å². The second-order valence-electron chi connectivity index (χ2n) is 10.1. The number of esters is 1. The van der Waals surface area contributed by atoms with E-state index in [0.717, 1.165) is 61.2 Å². The summed E-state index contributed by atoms with van der Waals surface area (Å²) in [4.78, 5) is 40.9. The predicted octanol–water partition coefficient (Wildman–Crippen LogP) is 3.10. The molecule has 1 saturated heterocycles. The van der Waals surface area contributed by atoms with Crippen LogP contribution in [0.5, 0.6) is 5.88 Å². The number of nitrogens with zero attached hydrogens (tertiary/aromatic N) is 4. The lowest BCUT2D eigenvalue weighted by Crippen LogP contribution is -2.64. The Morgan fingerprint density at radius 1 is 1.16 bits per heavy atom. The van der Waals surface area contributed by atoms with Crippen LogP contribution < -0.4 is 10.1 Å². The number of carbonyl (C=O) groups is 2. The molecule has 0 radical (unpaired) electrons. The third-order valence-electron chi connectivity index (χ3n) is 7.42. The highest BCUT2D eigenvalue weighted by Crippen LogP contribution is 2.52. The van der Waals surface area contributed by atoms with Crippen molar-refractivity contribution in [2.75, 3.05) is 33.4 Å². The molecule has 0 aromatic carbocycles. The number of nitrogens with one attached hydrogen (secondary N) is 1. The fourth-order valence-corrected chi connectivity index (χ4v) is 5.54. The Hall–Kier alpha value is -3.59. The molecule has 5 rings (SSSR count). The summed E-state index contributed by atoms with van der Waals surface area (Å²) in [5.74, 6) is 0.0850. The monoisotopic (exact) mass is 503 g/mol. The molecule has 2 aliphatic rings. The summed E-state index contributed by atoms with van der Waals surface area (Å²) in [6.07, 6.45) is 6.11. The summed E-state index contributed by atoms with van der Waals surface area (Å²) in [6.45, 7) is 5.05. The molecule has 1 N–H and O–H groups in total. The number of amides is 1. The molecule has 0 bridgehead atoms. The van der Waals surface area contributed by atoms with Gasteiger partial charge in [-0.2, -0.15) is 0 Å². The molecule has 0 unspecified atom stereocenters. The number of hydrogen-bond acceptors (Lipinski definition) is 8. The summed E-state index contributed by atoms with van der Waals surface area (Å²) in [6, 6.07) is 11.2. The summed E-state index contributed by atoms with van der Waals surface area (Å²) >= 11 is 0. The van der Waals surface area contributed by atoms with Crippen molar-refractivity contribution in [3.8, 4) is 5.88 Å². The average molecular weight is 504 g/mol. The average Bonchev–Trinajstić information content (AvgIpc) is 2.86. The number of carbonyl (C=O) groups excluding carboxylic acids is 2. The van der Waals surface area contributed by atoms with Crippen LogP contribution in [0.3, 0.4) is 0 Å². The van der Waals surface area contributed by atoms with Gasteiger partial charge in [0.25, 0.3) is 0 Å². The molecule has 2 fully saturated rings. The van der Waals surface area contributed by atoms with Crippen LogP contribution in [-0.2, 0) is 20.7 Å². The number of rotatable bonds is 10. The van der Waals surface area contributed by atoms with Gasteiger partial charge in [-0.15, -0.1) is 0 Å². The Morgan fingerprint density at radius 2 is 2.00 bits per heavy atom. The van der Waals surface area contributed by atoms with Crippen LogP contribution in [0.4, 0.5) is 0 Å². The Balaban J connectivity index is 1.10. The highest BCUT2D eigenvalue weighted by molar-refractivity contribution is 5.81. The first-order chi connectivity index (χ1) is 18.0. The van der Waals surface area contributed by atoms with Crippen molar-refractivity contribution in [1.29, 1.82) is 0 Å². The molecule has 1 spiro atoms. The van der Waals surface area contributed by atoms with E-state index in [2.05, 4.69) is 37.3 Å². The Labute approximate surface area is 216 Å². The van der Waals surface area contributed by atoms with E-state index >= 15 is 0 Å². The number of hydrogen-bond donors (Lipinski definition) is 1. The van der Waals surface area contributed by atoms with Crippen LogP contribution >= 0.6 is 0 Å². The van der Waals surface area contributed by atoms with E-state index in [-0.39, 0.29) is 29.6 Å². The van der Waals surface area contributed by atoms with E-state index in [1.54, 1.807) is 32.5 Å². The maximum Gasteiger partial charge on any atom is 0.308 e. The first kappa shape index (κ1) is 25.1. The number of ether oxygens (including phenoxy) is 2. The number of likely N-dealkylation sites (tertiary alicyclic amines) is 1. The normalized spacial score (nSPS) is 17.6. The highest BCUT2D eigenvalue weighted by atomic mass is 16.5. The summed E-state index contributed by atoms with van der Waals surface area (Å²) < 4.78 is 10.2. The molecule has 4 heterocycles. The van der Waals surface area contributed by atoms with Crippen molar-refractivity contribution >= 4 is 22.9 Å². The van der Waals surface area contributed by atoms with E-state index < -0.39 is 6.04 Å². The van der Waals surface area contributed by atoms with Gasteiger partial charge in [-0.3, -0.25) is 9.59 Å². The smallest absolute Gasteiger partial charge is 0.308 e. The Kier molecular flexibility index (Phi) is 7.32. The van der Waals surface area contributed by atoms with Crippen LogP contribution in [0, 0.1) is 11.3 Å². The molecular weight excluding hydrogens is 470 g/mol. The Bertz CT molecular complexity index is 1250. The number of aromatic nitrogens is 3. The number of methoxy groups -OCH3 is 1. The second-order valence-corrected chi connectivity index (χ2v) is 10.1. The predicted molar refractivity (Wildman–Crippen MR) is 138 cm³/mol. The van der Waals surface area contributed by atoms with Gasteiger partial charge >= 0.3 is 5.97 Å². The van der Waals surface area contributed by atoms with Gasteiger partial charge < -0.3 is 19.7 Å². The maximum atomic E-state index is 13.1. The standard InChI is InChI=1S/C28H33N5O4/c1-3-37-25(34)13-23(20-7-9-24(36-2)30-16-20)32-27(35)21-14-28(15-21)17-33(18-28)12-10-22-8-6-19-5-4-11-29-26(19)31-22/h4-9,11,16,21,23H,3,10,12-15,17-18H2,1-2H3,(H,32,35)/t23-/m0/s1. The lowest BCUT2D eigenvalue weighted by atomic mass is 9.57. The number of pyridine rings is 3. The molecular formula is C28H33N5O4. The fourth-order valence-electron chi connectivity index (χ4n) is 5.54. The van der Waals surface area contributed by atoms with Crippen LogP contribution in [0.1, 0.15) is 43.5 Å². The molecule has 37 heavy (non-hydrogen) atoms. The zero-order chi connectivity index (χ0) is 25.8. The van der Waals surface area contributed by atoms with Crippen LogP contribution in [-0.4, -0.2) is 65.1 Å². The van der Waals surface area contributed by atoms with E-state index in [0.29, 0.717) is 12.5 Å². The third kappa shape index (κ3) is 5.72. The largest absolute Gasteiger partial charge is 0.481 e.